The highest BCUT2D eigenvalue weighted by Crippen LogP contribution is 2.25. The third kappa shape index (κ3) is 5.96. The van der Waals surface area contributed by atoms with Crippen molar-refractivity contribution in [1.29, 1.82) is 0 Å². The van der Waals surface area contributed by atoms with Crippen LogP contribution in [0, 0.1) is 5.92 Å². The monoisotopic (exact) mass is 259 g/mol. The smallest absolute Gasteiger partial charge is 0.303 e. The van der Waals surface area contributed by atoms with E-state index in [0.717, 1.165) is 25.0 Å². The van der Waals surface area contributed by atoms with Gasteiger partial charge in [0.1, 0.15) is 0 Å². The van der Waals surface area contributed by atoms with E-state index in [9.17, 15) is 9.59 Å². The van der Waals surface area contributed by atoms with Crippen molar-refractivity contribution in [3.63, 3.8) is 0 Å². The lowest BCUT2D eigenvalue weighted by Gasteiger charge is -2.13. The molecule has 1 heterocycles. The molecule has 4 nitrogen and oxygen atoms in total. The number of hydrogen-bond donors (Lipinski definition) is 2. The average Bonchev–Trinajstić information content (AvgIpc) is 2.79. The molecule has 0 aliphatic carbocycles. The van der Waals surface area contributed by atoms with E-state index in [1.165, 1.54) is 0 Å². The molecule has 1 saturated heterocycles. The van der Waals surface area contributed by atoms with Gasteiger partial charge in [-0.25, -0.2) is 0 Å². The first-order valence-corrected chi connectivity index (χ1v) is 7.25. The van der Waals surface area contributed by atoms with E-state index in [4.69, 9.17) is 5.11 Å². The number of carboxylic acids is 1. The standard InChI is InChI=1S/C12H21NO3S/c1-9(4-5-11(14)15)6-7-13-12(16)10-3-2-8-17-10/h9-10H,2-8H2,1H3,(H,13,16)(H,14,15). The van der Waals surface area contributed by atoms with Gasteiger partial charge in [0.05, 0.1) is 5.25 Å². The molecule has 1 rings (SSSR count). The van der Waals surface area contributed by atoms with Gasteiger partial charge < -0.3 is 10.4 Å². The van der Waals surface area contributed by atoms with Gasteiger partial charge in [-0.3, -0.25) is 9.59 Å². The second kappa shape index (κ2) is 7.58. The van der Waals surface area contributed by atoms with Crippen molar-refractivity contribution in [2.45, 2.75) is 44.3 Å². The Labute approximate surface area is 107 Å². The van der Waals surface area contributed by atoms with Crippen molar-refractivity contribution < 1.29 is 14.7 Å². The van der Waals surface area contributed by atoms with Gasteiger partial charge in [0.2, 0.25) is 5.91 Å². The van der Waals surface area contributed by atoms with Crippen molar-refractivity contribution in [3.05, 3.63) is 0 Å². The van der Waals surface area contributed by atoms with Crippen molar-refractivity contribution in [1.82, 2.24) is 5.32 Å². The number of carbonyl (C=O) groups excluding carboxylic acids is 1. The molecule has 2 unspecified atom stereocenters. The molecule has 1 amide bonds. The van der Waals surface area contributed by atoms with Crippen LogP contribution in [-0.4, -0.2) is 34.5 Å². The Balaban J connectivity index is 2.06. The minimum Gasteiger partial charge on any atom is -0.481 e. The van der Waals surface area contributed by atoms with Gasteiger partial charge in [-0.2, -0.15) is 0 Å². The first kappa shape index (κ1) is 14.4. The SMILES string of the molecule is CC(CCNC(=O)C1CCCS1)CCC(=O)O. The van der Waals surface area contributed by atoms with Gasteiger partial charge >= 0.3 is 5.97 Å². The molecule has 0 aromatic carbocycles. The van der Waals surface area contributed by atoms with Crippen LogP contribution >= 0.6 is 11.8 Å². The Morgan fingerprint density at radius 3 is 2.82 bits per heavy atom. The van der Waals surface area contributed by atoms with Crippen LogP contribution in [0.5, 0.6) is 0 Å². The summed E-state index contributed by atoms with van der Waals surface area (Å²) in [6.07, 6.45) is 3.89. The van der Waals surface area contributed by atoms with Crippen LogP contribution < -0.4 is 5.32 Å². The van der Waals surface area contributed by atoms with Crippen LogP contribution in [0.15, 0.2) is 0 Å². The lowest BCUT2D eigenvalue weighted by molar-refractivity contribution is -0.137. The molecule has 2 N–H and O–H groups in total. The maximum absolute atomic E-state index is 11.7. The Hall–Kier alpha value is -0.710. The third-order valence-corrected chi connectivity index (χ3v) is 4.39. The molecule has 0 aromatic heterocycles. The molecule has 17 heavy (non-hydrogen) atoms. The number of amides is 1. The van der Waals surface area contributed by atoms with Gasteiger partial charge in [0, 0.05) is 13.0 Å². The van der Waals surface area contributed by atoms with Crippen LogP contribution in [0.4, 0.5) is 0 Å². The lowest BCUT2D eigenvalue weighted by Crippen LogP contribution is -2.32. The summed E-state index contributed by atoms with van der Waals surface area (Å²) in [5, 5.41) is 11.6. The number of aliphatic carboxylic acids is 1. The van der Waals surface area contributed by atoms with E-state index in [1.807, 2.05) is 6.92 Å². The highest BCUT2D eigenvalue weighted by atomic mass is 32.2. The molecule has 1 aliphatic heterocycles. The number of carboxylic acid groups (broad SMARTS) is 1. The molecule has 0 spiro atoms. The van der Waals surface area contributed by atoms with Crippen LogP contribution in [0.25, 0.3) is 0 Å². The fraction of sp³-hybridized carbons (Fsp3) is 0.833. The van der Waals surface area contributed by atoms with Crippen LogP contribution in [0.1, 0.15) is 39.0 Å². The van der Waals surface area contributed by atoms with E-state index in [1.54, 1.807) is 11.8 Å². The summed E-state index contributed by atoms with van der Waals surface area (Å²) in [6.45, 7) is 2.69. The predicted octanol–water partition coefficient (Wildman–Crippen LogP) is 1.89. The maximum atomic E-state index is 11.7. The maximum Gasteiger partial charge on any atom is 0.303 e. The van der Waals surface area contributed by atoms with E-state index in [-0.39, 0.29) is 17.6 Å². The summed E-state index contributed by atoms with van der Waals surface area (Å²) >= 11 is 1.73. The zero-order valence-electron chi connectivity index (χ0n) is 10.3. The summed E-state index contributed by atoms with van der Waals surface area (Å²) in [7, 11) is 0. The second-order valence-corrected chi connectivity index (χ2v) is 5.93. The summed E-state index contributed by atoms with van der Waals surface area (Å²) in [5.41, 5.74) is 0. The Bertz CT molecular complexity index is 264. The predicted molar refractivity (Wildman–Crippen MR) is 69.1 cm³/mol. The van der Waals surface area contributed by atoms with Crippen LogP contribution in [0.2, 0.25) is 0 Å². The Morgan fingerprint density at radius 1 is 1.47 bits per heavy atom. The van der Waals surface area contributed by atoms with Crippen LogP contribution in [-0.2, 0) is 9.59 Å². The van der Waals surface area contributed by atoms with Gasteiger partial charge in [0.15, 0.2) is 0 Å². The Kier molecular flexibility index (Phi) is 6.40. The quantitative estimate of drug-likeness (QED) is 0.732. The van der Waals surface area contributed by atoms with Gasteiger partial charge in [-0.15, -0.1) is 11.8 Å². The molecule has 0 aromatic rings. The van der Waals surface area contributed by atoms with E-state index < -0.39 is 5.97 Å². The highest BCUT2D eigenvalue weighted by molar-refractivity contribution is 8.00. The number of carbonyl (C=O) groups is 2. The number of hydrogen-bond acceptors (Lipinski definition) is 3. The molecule has 0 bridgehead atoms. The van der Waals surface area contributed by atoms with E-state index >= 15 is 0 Å². The Morgan fingerprint density at radius 2 is 2.24 bits per heavy atom. The second-order valence-electron chi connectivity index (χ2n) is 4.62. The lowest BCUT2D eigenvalue weighted by atomic mass is 10.0. The topological polar surface area (TPSA) is 66.4 Å². The molecule has 2 atom stereocenters. The fourth-order valence-electron chi connectivity index (χ4n) is 1.85. The zero-order valence-corrected chi connectivity index (χ0v) is 11.1. The number of rotatable bonds is 7. The average molecular weight is 259 g/mol. The molecule has 5 heteroatoms. The zero-order chi connectivity index (χ0) is 12.7. The van der Waals surface area contributed by atoms with Crippen LogP contribution in [0.3, 0.4) is 0 Å². The van der Waals surface area contributed by atoms with E-state index in [0.29, 0.717) is 18.9 Å². The van der Waals surface area contributed by atoms with Crippen molar-refractivity contribution in [2.24, 2.45) is 5.92 Å². The van der Waals surface area contributed by atoms with Gasteiger partial charge in [-0.1, -0.05) is 6.92 Å². The third-order valence-electron chi connectivity index (χ3n) is 3.01. The van der Waals surface area contributed by atoms with Crippen molar-refractivity contribution >= 4 is 23.6 Å². The number of nitrogens with one attached hydrogen (secondary N) is 1. The molecule has 98 valence electrons. The number of thioether (sulfide) groups is 1. The normalized spacial score (nSPS) is 21.1. The fourth-order valence-corrected chi connectivity index (χ4v) is 3.04. The van der Waals surface area contributed by atoms with Gasteiger partial charge in [-0.05, 0) is 37.4 Å². The first-order valence-electron chi connectivity index (χ1n) is 6.20. The summed E-state index contributed by atoms with van der Waals surface area (Å²) in [4.78, 5) is 22.1. The summed E-state index contributed by atoms with van der Waals surface area (Å²) in [5.74, 6) is 0.844. The highest BCUT2D eigenvalue weighted by Gasteiger charge is 2.22. The minimum atomic E-state index is -0.747. The largest absolute Gasteiger partial charge is 0.481 e. The molecular weight excluding hydrogens is 238 g/mol. The molecule has 0 saturated carbocycles. The van der Waals surface area contributed by atoms with Crippen molar-refractivity contribution in [2.75, 3.05) is 12.3 Å². The molecular formula is C12H21NO3S. The van der Waals surface area contributed by atoms with Crippen molar-refractivity contribution in [3.8, 4) is 0 Å². The molecule has 1 fully saturated rings. The molecule has 0 radical (unpaired) electrons. The first-order chi connectivity index (χ1) is 8.09. The summed E-state index contributed by atoms with van der Waals surface area (Å²) in [6, 6.07) is 0. The minimum absolute atomic E-state index is 0.143. The summed E-state index contributed by atoms with van der Waals surface area (Å²) < 4.78 is 0. The van der Waals surface area contributed by atoms with E-state index in [2.05, 4.69) is 5.32 Å². The molecule has 1 aliphatic rings. The van der Waals surface area contributed by atoms with Gasteiger partial charge in [0.25, 0.3) is 0 Å².